The number of carbonyl (C=O) groups is 2. The van der Waals surface area contributed by atoms with E-state index in [1.165, 1.54) is 17.0 Å². The summed E-state index contributed by atoms with van der Waals surface area (Å²) in [5, 5.41) is 8.93. The van der Waals surface area contributed by atoms with Crippen molar-refractivity contribution in [3.8, 4) is 5.88 Å². The molecule has 1 saturated carbocycles. The number of aromatic nitrogens is 1. The molecule has 1 aliphatic carbocycles. The number of anilines is 1. The number of pyridine rings is 1. The fourth-order valence-electron chi connectivity index (χ4n) is 3.34. The number of hydrogen-bond donors (Lipinski definition) is 2. The molecule has 11 heteroatoms. The third-order valence-electron chi connectivity index (χ3n) is 5.36. The van der Waals surface area contributed by atoms with Crippen LogP contribution in [0.1, 0.15) is 42.6 Å². The first-order valence-electron chi connectivity index (χ1n) is 10.2. The molecule has 1 amide bonds. The summed E-state index contributed by atoms with van der Waals surface area (Å²) in [6, 6.07) is 2.78. The Balaban J connectivity index is 0.000000210. The molecular formula is C20H27F2N4O5-. The van der Waals surface area contributed by atoms with E-state index in [2.05, 4.69) is 4.98 Å². The minimum Gasteiger partial charge on any atom is -0.671 e. The molecular weight excluding hydrogens is 414 g/mol. The number of carboxylic acids is 1. The topological polar surface area (TPSA) is 139 Å². The minimum atomic E-state index is -2.70. The van der Waals surface area contributed by atoms with Crippen molar-refractivity contribution < 1.29 is 33.0 Å². The molecule has 4 rings (SSSR count). The lowest BCUT2D eigenvalue weighted by atomic mass is 9.88. The molecule has 172 valence electrons. The summed E-state index contributed by atoms with van der Waals surface area (Å²) in [6.07, 6.45) is 3.56. The zero-order valence-electron chi connectivity index (χ0n) is 17.1. The molecule has 1 aromatic heterocycles. The Labute approximate surface area is 178 Å². The van der Waals surface area contributed by atoms with E-state index in [4.69, 9.17) is 26.0 Å². The number of primary amides is 1. The van der Waals surface area contributed by atoms with Crippen LogP contribution in [0.2, 0.25) is 0 Å². The first-order chi connectivity index (χ1) is 14.6. The van der Waals surface area contributed by atoms with Crippen molar-refractivity contribution in [1.82, 2.24) is 4.98 Å². The molecule has 0 radical (unpaired) electrons. The van der Waals surface area contributed by atoms with Gasteiger partial charge in [0.25, 0.3) is 5.92 Å². The number of amides is 1. The third-order valence-corrected chi connectivity index (χ3v) is 5.36. The number of nitrogens with two attached hydrogens (primary N) is 1. The Kier molecular flexibility index (Phi) is 6.95. The van der Waals surface area contributed by atoms with Gasteiger partial charge in [-0.05, 0) is 43.7 Å². The highest BCUT2D eigenvalue weighted by Crippen LogP contribution is 2.37. The number of alkyl halides is 2. The zero-order valence-corrected chi connectivity index (χ0v) is 17.1. The molecule has 0 unspecified atom stereocenters. The van der Waals surface area contributed by atoms with Crippen LogP contribution >= 0.6 is 0 Å². The maximum Gasteiger partial charge on any atom is 0.354 e. The van der Waals surface area contributed by atoms with Gasteiger partial charge in [-0.25, -0.2) is 18.6 Å². The van der Waals surface area contributed by atoms with E-state index in [9.17, 15) is 18.4 Å². The molecule has 2 aliphatic heterocycles. The van der Waals surface area contributed by atoms with Crippen LogP contribution in [0.5, 0.6) is 5.88 Å². The van der Waals surface area contributed by atoms with Crippen LogP contribution < -0.4 is 15.4 Å². The van der Waals surface area contributed by atoms with Crippen LogP contribution in [0.3, 0.4) is 0 Å². The van der Waals surface area contributed by atoms with E-state index in [1.54, 1.807) is 0 Å². The van der Waals surface area contributed by atoms with Crippen molar-refractivity contribution in [2.45, 2.75) is 43.6 Å². The minimum absolute atomic E-state index is 0.132. The van der Waals surface area contributed by atoms with E-state index in [1.807, 2.05) is 0 Å². The Morgan fingerprint density at radius 2 is 1.94 bits per heavy atom. The first-order valence-corrected chi connectivity index (χ1v) is 10.2. The summed E-state index contributed by atoms with van der Waals surface area (Å²) < 4.78 is 36.5. The number of carbonyl (C=O) groups excluding carboxylic acids is 1. The standard InChI is InChI=1S/C13H14F2N2O3.C7H13N2O2/c14-13(15)6-17(7-13)10-4-3-9(12(18)19)16-11(10)20-5-8-1-2-8;8-6(10)5-7(9)1-3-11-4-2-7/h3-4,8H,1-2,5-7H2,(H,18,19);9H,1-5H2,(H2,8,10)/q;-1. The predicted octanol–water partition coefficient (Wildman–Crippen LogP) is 2.49. The maximum absolute atomic E-state index is 12.9. The first kappa shape index (κ1) is 23.1. The summed E-state index contributed by atoms with van der Waals surface area (Å²) in [7, 11) is 0. The largest absolute Gasteiger partial charge is 0.671 e. The average Bonchev–Trinajstić information content (AvgIpc) is 3.49. The molecule has 31 heavy (non-hydrogen) atoms. The lowest BCUT2D eigenvalue weighted by Gasteiger charge is -2.41. The van der Waals surface area contributed by atoms with E-state index < -0.39 is 17.4 Å². The van der Waals surface area contributed by atoms with Crippen LogP contribution in [0.15, 0.2) is 12.1 Å². The lowest BCUT2D eigenvalue weighted by Crippen LogP contribution is -2.56. The van der Waals surface area contributed by atoms with Gasteiger partial charge in [-0.3, -0.25) is 4.79 Å². The Hall–Kier alpha value is -2.53. The van der Waals surface area contributed by atoms with Gasteiger partial charge in [-0.15, -0.1) is 5.54 Å². The number of halogens is 2. The SMILES string of the molecule is O=C(O)c1ccc(N2CC(F)(F)C2)c(OCC2CC2)n1.[NH-]C1(CC(N)=O)CCOCC1. The molecule has 3 heterocycles. The molecule has 0 bridgehead atoms. The fraction of sp³-hybridized carbons (Fsp3) is 0.650. The Morgan fingerprint density at radius 3 is 2.45 bits per heavy atom. The molecule has 3 fully saturated rings. The van der Waals surface area contributed by atoms with Crippen molar-refractivity contribution in [2.24, 2.45) is 11.7 Å². The van der Waals surface area contributed by atoms with Crippen LogP contribution in [0.25, 0.3) is 5.73 Å². The van der Waals surface area contributed by atoms with Crippen molar-refractivity contribution in [3.63, 3.8) is 0 Å². The molecule has 0 aromatic carbocycles. The van der Waals surface area contributed by atoms with Crippen LogP contribution in [0.4, 0.5) is 14.5 Å². The molecule has 3 aliphatic rings. The summed E-state index contributed by atoms with van der Waals surface area (Å²) >= 11 is 0. The molecule has 9 nitrogen and oxygen atoms in total. The second-order valence-electron chi connectivity index (χ2n) is 8.33. The van der Waals surface area contributed by atoms with Gasteiger partial charge < -0.3 is 30.9 Å². The Bertz CT molecular complexity index is 805. The normalized spacial score (nSPS) is 21.3. The van der Waals surface area contributed by atoms with E-state index >= 15 is 0 Å². The van der Waals surface area contributed by atoms with Crippen molar-refractivity contribution in [1.29, 1.82) is 0 Å². The van der Waals surface area contributed by atoms with Crippen molar-refractivity contribution in [3.05, 3.63) is 23.6 Å². The van der Waals surface area contributed by atoms with Crippen molar-refractivity contribution in [2.75, 3.05) is 37.8 Å². The quantitative estimate of drug-likeness (QED) is 0.663. The van der Waals surface area contributed by atoms with E-state index in [0.29, 0.717) is 44.3 Å². The number of aromatic carboxylic acids is 1. The van der Waals surface area contributed by atoms with Crippen LogP contribution in [-0.2, 0) is 9.53 Å². The summed E-state index contributed by atoms with van der Waals surface area (Å²) in [4.78, 5) is 26.8. The van der Waals surface area contributed by atoms with Gasteiger partial charge in [0.2, 0.25) is 11.8 Å². The summed E-state index contributed by atoms with van der Waals surface area (Å²) in [6.45, 7) is 0.836. The van der Waals surface area contributed by atoms with Crippen LogP contribution in [-0.4, -0.2) is 66.3 Å². The van der Waals surface area contributed by atoms with Gasteiger partial charge in [-0.2, -0.15) is 0 Å². The van der Waals surface area contributed by atoms with Gasteiger partial charge in [0.15, 0.2) is 5.69 Å². The number of nitrogens with one attached hydrogen (secondary N) is 1. The number of carboxylic acid groups (broad SMARTS) is 1. The molecule has 0 atom stereocenters. The molecule has 0 spiro atoms. The second-order valence-corrected chi connectivity index (χ2v) is 8.33. The van der Waals surface area contributed by atoms with E-state index in [-0.39, 0.29) is 37.0 Å². The Morgan fingerprint density at radius 1 is 1.29 bits per heavy atom. The molecule has 1 aromatic rings. The number of rotatable bonds is 7. The van der Waals surface area contributed by atoms with Gasteiger partial charge >= 0.3 is 5.97 Å². The maximum atomic E-state index is 12.9. The van der Waals surface area contributed by atoms with Gasteiger partial charge in [0, 0.05) is 19.6 Å². The van der Waals surface area contributed by atoms with Gasteiger partial charge in [-0.1, -0.05) is 0 Å². The predicted molar refractivity (Wildman–Crippen MR) is 107 cm³/mol. The molecule has 2 saturated heterocycles. The average molecular weight is 441 g/mol. The number of ether oxygens (including phenoxy) is 2. The van der Waals surface area contributed by atoms with Gasteiger partial charge in [0.1, 0.15) is 5.69 Å². The highest BCUT2D eigenvalue weighted by molar-refractivity contribution is 5.86. The third kappa shape index (κ3) is 6.73. The monoisotopic (exact) mass is 441 g/mol. The second kappa shape index (κ2) is 9.31. The zero-order chi connectivity index (χ0) is 22.6. The molecule has 4 N–H and O–H groups in total. The number of nitrogens with zero attached hydrogens (tertiary/aromatic N) is 2. The highest BCUT2D eigenvalue weighted by atomic mass is 19.3. The lowest BCUT2D eigenvalue weighted by molar-refractivity contribution is -0.119. The fourth-order valence-corrected chi connectivity index (χ4v) is 3.34. The highest BCUT2D eigenvalue weighted by Gasteiger charge is 2.45. The van der Waals surface area contributed by atoms with Gasteiger partial charge in [0.05, 0.1) is 19.7 Å². The smallest absolute Gasteiger partial charge is 0.354 e. The summed E-state index contributed by atoms with van der Waals surface area (Å²) in [5.41, 5.74) is 12.4. The van der Waals surface area contributed by atoms with E-state index in [0.717, 1.165) is 12.8 Å². The number of hydrogen-bond acceptors (Lipinski definition) is 6. The summed E-state index contributed by atoms with van der Waals surface area (Å²) in [5.74, 6) is -3.65. The van der Waals surface area contributed by atoms with Crippen LogP contribution in [0, 0.1) is 5.92 Å². The van der Waals surface area contributed by atoms with Crippen molar-refractivity contribution >= 4 is 17.6 Å².